The second-order valence-electron chi connectivity index (χ2n) is 5.43. The molecule has 0 aliphatic heterocycles. The smallest absolute Gasteiger partial charge is 0.134 e. The zero-order valence-electron chi connectivity index (χ0n) is 12.2. The molecule has 110 valence electrons. The summed E-state index contributed by atoms with van der Waals surface area (Å²) in [5, 5.41) is 20.7. The van der Waals surface area contributed by atoms with Crippen molar-refractivity contribution < 1.29 is 9.50 Å². The normalized spacial score (nSPS) is 11.3. The molecule has 0 amide bonds. The Morgan fingerprint density at radius 2 is 2.05 bits per heavy atom. The van der Waals surface area contributed by atoms with Crippen molar-refractivity contribution in [2.75, 3.05) is 5.32 Å². The topological polar surface area (TPSA) is 69.0 Å². The van der Waals surface area contributed by atoms with E-state index in [1.807, 2.05) is 0 Å². The fourth-order valence-corrected chi connectivity index (χ4v) is 2.01. The van der Waals surface area contributed by atoms with Crippen molar-refractivity contribution in [3.8, 4) is 0 Å². The van der Waals surface area contributed by atoms with E-state index in [9.17, 15) is 9.50 Å². The molecule has 3 N–H and O–H groups in total. The molecule has 1 aromatic heterocycles. The first-order chi connectivity index (χ1) is 9.79. The molecule has 1 heterocycles. The van der Waals surface area contributed by atoms with Crippen molar-refractivity contribution in [3.05, 3.63) is 53.6 Å². The maximum Gasteiger partial charge on any atom is 0.134 e. The molecular formula is C16H18FN3O. The van der Waals surface area contributed by atoms with Crippen LogP contribution in [0, 0.1) is 11.2 Å². The quantitative estimate of drug-likeness (QED) is 0.753. The van der Waals surface area contributed by atoms with Crippen molar-refractivity contribution >= 4 is 17.1 Å². The Labute approximate surface area is 123 Å². The molecule has 0 spiro atoms. The molecule has 4 nitrogen and oxygen atoms in total. The van der Waals surface area contributed by atoms with E-state index in [1.165, 1.54) is 13.0 Å². The van der Waals surface area contributed by atoms with Crippen LogP contribution in [0.4, 0.5) is 15.8 Å². The Hall–Kier alpha value is -2.27. The number of nitrogens with zero attached hydrogens (tertiary/aromatic N) is 1. The van der Waals surface area contributed by atoms with Crippen LogP contribution in [0.5, 0.6) is 0 Å². The van der Waals surface area contributed by atoms with Crippen LogP contribution in [-0.4, -0.2) is 15.8 Å². The maximum absolute atomic E-state index is 13.8. The largest absolute Gasteiger partial charge is 0.386 e. The molecule has 2 rings (SSSR count). The number of halogens is 1. The molecule has 0 saturated heterocycles. The van der Waals surface area contributed by atoms with Gasteiger partial charge in [0.2, 0.25) is 0 Å². The monoisotopic (exact) mass is 287 g/mol. The number of nitrogens with one attached hydrogen (secondary N) is 2. The lowest BCUT2D eigenvalue weighted by Crippen LogP contribution is -2.16. The average Bonchev–Trinajstić information content (AvgIpc) is 2.37. The van der Waals surface area contributed by atoms with Gasteiger partial charge in [-0.3, -0.25) is 4.98 Å². The molecule has 1 aromatic carbocycles. The van der Waals surface area contributed by atoms with E-state index in [0.717, 1.165) is 0 Å². The average molecular weight is 287 g/mol. The predicted octanol–water partition coefficient (Wildman–Crippen LogP) is 3.58. The first kappa shape index (κ1) is 15.1. The zero-order valence-corrected chi connectivity index (χ0v) is 12.2. The van der Waals surface area contributed by atoms with Crippen molar-refractivity contribution in [1.82, 2.24) is 4.98 Å². The standard InChI is InChI=1S/C16H18FN3O/c1-10(18)15-13(17)5-4-6-14(15)20-12-7-11(8-19-9-12)16(2,3)21/h4-9,18,20-21H,1-3H3. The van der Waals surface area contributed by atoms with Crippen LogP contribution < -0.4 is 5.32 Å². The molecule has 0 saturated carbocycles. The van der Waals surface area contributed by atoms with Gasteiger partial charge in [0, 0.05) is 17.5 Å². The molecule has 21 heavy (non-hydrogen) atoms. The van der Waals surface area contributed by atoms with Crippen LogP contribution in [0.25, 0.3) is 0 Å². The minimum absolute atomic E-state index is 0.141. The minimum Gasteiger partial charge on any atom is -0.386 e. The van der Waals surface area contributed by atoms with Crippen LogP contribution in [0.1, 0.15) is 31.9 Å². The van der Waals surface area contributed by atoms with Gasteiger partial charge >= 0.3 is 0 Å². The number of hydrogen-bond acceptors (Lipinski definition) is 4. The van der Waals surface area contributed by atoms with Crippen molar-refractivity contribution in [2.24, 2.45) is 0 Å². The molecule has 0 radical (unpaired) electrons. The number of rotatable bonds is 4. The zero-order chi connectivity index (χ0) is 15.6. The van der Waals surface area contributed by atoms with E-state index >= 15 is 0 Å². The fourth-order valence-electron chi connectivity index (χ4n) is 2.01. The van der Waals surface area contributed by atoms with Gasteiger partial charge in [0.05, 0.1) is 28.7 Å². The summed E-state index contributed by atoms with van der Waals surface area (Å²) < 4.78 is 13.8. The Kier molecular flexibility index (Phi) is 4.04. The number of benzene rings is 1. The van der Waals surface area contributed by atoms with Crippen LogP contribution in [0.3, 0.4) is 0 Å². The van der Waals surface area contributed by atoms with Crippen LogP contribution >= 0.6 is 0 Å². The van der Waals surface area contributed by atoms with Gasteiger partial charge < -0.3 is 15.8 Å². The van der Waals surface area contributed by atoms with E-state index in [1.54, 1.807) is 44.4 Å². The first-order valence-corrected chi connectivity index (χ1v) is 6.58. The summed E-state index contributed by atoms with van der Waals surface area (Å²) in [6.45, 7) is 4.88. The second kappa shape index (κ2) is 5.61. The molecule has 0 aliphatic rings. The third-order valence-electron chi connectivity index (χ3n) is 3.11. The summed E-state index contributed by atoms with van der Waals surface area (Å²) in [6, 6.07) is 6.36. The van der Waals surface area contributed by atoms with Gasteiger partial charge in [0.15, 0.2) is 0 Å². The van der Waals surface area contributed by atoms with E-state index < -0.39 is 11.4 Å². The Balaban J connectivity index is 2.40. The van der Waals surface area contributed by atoms with Crippen molar-refractivity contribution in [2.45, 2.75) is 26.4 Å². The number of hydrogen-bond donors (Lipinski definition) is 3. The van der Waals surface area contributed by atoms with E-state index in [2.05, 4.69) is 10.3 Å². The van der Waals surface area contributed by atoms with Gasteiger partial charge in [0.1, 0.15) is 5.82 Å². The van der Waals surface area contributed by atoms with Gasteiger partial charge in [-0.2, -0.15) is 0 Å². The first-order valence-electron chi connectivity index (χ1n) is 6.58. The summed E-state index contributed by atoms with van der Waals surface area (Å²) >= 11 is 0. The lowest BCUT2D eigenvalue weighted by Gasteiger charge is -2.19. The summed E-state index contributed by atoms with van der Waals surface area (Å²) in [7, 11) is 0. The predicted molar refractivity (Wildman–Crippen MR) is 81.7 cm³/mol. The Morgan fingerprint density at radius 1 is 1.33 bits per heavy atom. The Bertz CT molecular complexity index is 677. The number of pyridine rings is 1. The van der Waals surface area contributed by atoms with Crippen molar-refractivity contribution in [1.29, 1.82) is 5.41 Å². The number of aromatic nitrogens is 1. The highest BCUT2D eigenvalue weighted by molar-refractivity contribution is 6.02. The SMILES string of the molecule is CC(=N)c1c(F)cccc1Nc1cncc(C(C)(C)O)c1. The van der Waals surface area contributed by atoms with E-state index in [4.69, 9.17) is 5.41 Å². The highest BCUT2D eigenvalue weighted by Gasteiger charge is 2.17. The summed E-state index contributed by atoms with van der Waals surface area (Å²) in [6.07, 6.45) is 3.17. The number of aliphatic hydroxyl groups is 1. The fraction of sp³-hybridized carbons (Fsp3) is 0.250. The van der Waals surface area contributed by atoms with Gasteiger partial charge in [-0.05, 0) is 39.0 Å². The molecule has 0 bridgehead atoms. The van der Waals surface area contributed by atoms with Crippen LogP contribution in [0.15, 0.2) is 36.7 Å². The van der Waals surface area contributed by atoms with Crippen molar-refractivity contribution in [3.63, 3.8) is 0 Å². The summed E-state index contributed by atoms with van der Waals surface area (Å²) in [5.74, 6) is -0.445. The van der Waals surface area contributed by atoms with Gasteiger partial charge in [-0.25, -0.2) is 4.39 Å². The van der Waals surface area contributed by atoms with Crippen LogP contribution in [0.2, 0.25) is 0 Å². The third-order valence-corrected chi connectivity index (χ3v) is 3.11. The molecule has 0 atom stereocenters. The lowest BCUT2D eigenvalue weighted by molar-refractivity contribution is 0.0783. The van der Waals surface area contributed by atoms with Gasteiger partial charge in [-0.1, -0.05) is 6.07 Å². The third kappa shape index (κ3) is 3.44. The van der Waals surface area contributed by atoms with E-state index in [-0.39, 0.29) is 11.3 Å². The van der Waals surface area contributed by atoms with Gasteiger partial charge in [0.25, 0.3) is 0 Å². The molecule has 5 heteroatoms. The Morgan fingerprint density at radius 3 is 2.67 bits per heavy atom. The van der Waals surface area contributed by atoms with Crippen LogP contribution in [-0.2, 0) is 5.60 Å². The minimum atomic E-state index is -1.01. The molecule has 2 aromatic rings. The summed E-state index contributed by atoms with van der Waals surface area (Å²) in [4.78, 5) is 4.07. The summed E-state index contributed by atoms with van der Waals surface area (Å²) in [5.41, 5.74) is 1.14. The lowest BCUT2D eigenvalue weighted by atomic mass is 10.0. The highest BCUT2D eigenvalue weighted by Crippen LogP contribution is 2.26. The molecule has 0 fully saturated rings. The maximum atomic E-state index is 13.8. The second-order valence-corrected chi connectivity index (χ2v) is 5.43. The van der Waals surface area contributed by atoms with E-state index in [0.29, 0.717) is 16.9 Å². The molecule has 0 unspecified atom stereocenters. The molecule has 0 aliphatic carbocycles. The van der Waals surface area contributed by atoms with Gasteiger partial charge in [-0.15, -0.1) is 0 Å². The number of anilines is 2. The molecular weight excluding hydrogens is 269 g/mol. The highest BCUT2D eigenvalue weighted by atomic mass is 19.1.